The zero-order valence-corrected chi connectivity index (χ0v) is 16.0. The summed E-state index contributed by atoms with van der Waals surface area (Å²) in [7, 11) is 0. The summed E-state index contributed by atoms with van der Waals surface area (Å²) in [5.74, 6) is 0.843. The van der Waals surface area contributed by atoms with Crippen molar-refractivity contribution in [1.29, 1.82) is 0 Å². The van der Waals surface area contributed by atoms with Crippen molar-refractivity contribution in [3.63, 3.8) is 0 Å². The van der Waals surface area contributed by atoms with E-state index in [1.54, 1.807) is 12.1 Å². The van der Waals surface area contributed by atoms with Gasteiger partial charge in [0, 0.05) is 13.0 Å². The molecule has 2 aromatic carbocycles. The molecule has 1 unspecified atom stereocenters. The van der Waals surface area contributed by atoms with Crippen molar-refractivity contribution >= 4 is 11.4 Å². The maximum Gasteiger partial charge on any atom is 0.207 e. The van der Waals surface area contributed by atoms with Gasteiger partial charge in [0.1, 0.15) is 11.5 Å². The summed E-state index contributed by atoms with van der Waals surface area (Å²) in [6.45, 7) is 2.70. The number of ketones is 1. The minimum absolute atomic E-state index is 0.0279. The molecule has 144 valence electrons. The predicted octanol–water partition coefficient (Wildman–Crippen LogP) is 4.35. The number of rotatable bonds is 4. The van der Waals surface area contributed by atoms with Crippen LogP contribution in [0, 0.1) is 0 Å². The Morgan fingerprint density at radius 3 is 2.71 bits per heavy atom. The van der Waals surface area contributed by atoms with Crippen molar-refractivity contribution in [2.45, 2.75) is 44.8 Å². The van der Waals surface area contributed by atoms with E-state index in [0.29, 0.717) is 24.3 Å². The van der Waals surface area contributed by atoms with E-state index in [4.69, 9.17) is 4.74 Å². The lowest BCUT2D eigenvalue weighted by Crippen LogP contribution is -2.29. The monoisotopic (exact) mass is 375 g/mol. The standard InChI is InChI=1S/C24H25NO3/c26-21-11-10-19-23(27)22(14-17-9-8-16-6-2-3-7-18(16)17)28-24(19)20(21)15-25-12-4-1-5-13-25/h2-3,6-7,9-11,22,26H,1,4-5,8,12-15H2. The number of carbonyl (C=O) groups excluding carboxylic acids is 1. The fraction of sp³-hybridized carbons (Fsp3) is 0.375. The minimum atomic E-state index is -0.505. The van der Waals surface area contributed by atoms with Crippen LogP contribution < -0.4 is 4.74 Å². The number of nitrogens with zero attached hydrogens (tertiary/aromatic N) is 1. The number of Topliss-reactive ketones (excluding diaryl/α,β-unsaturated/α-hetero) is 1. The van der Waals surface area contributed by atoms with Crippen molar-refractivity contribution in [2.75, 3.05) is 13.1 Å². The van der Waals surface area contributed by atoms with Gasteiger partial charge in [0.05, 0.1) is 11.1 Å². The molecule has 0 bridgehead atoms. The lowest BCUT2D eigenvalue weighted by Gasteiger charge is -2.27. The zero-order valence-electron chi connectivity index (χ0n) is 16.0. The predicted molar refractivity (Wildman–Crippen MR) is 109 cm³/mol. The number of aromatic hydroxyl groups is 1. The molecule has 4 nitrogen and oxygen atoms in total. The maximum atomic E-state index is 13.0. The van der Waals surface area contributed by atoms with E-state index in [1.165, 1.54) is 36.0 Å². The van der Waals surface area contributed by atoms with Crippen molar-refractivity contribution in [3.05, 3.63) is 64.7 Å². The van der Waals surface area contributed by atoms with Crippen LogP contribution in [0.3, 0.4) is 0 Å². The summed E-state index contributed by atoms with van der Waals surface area (Å²) < 4.78 is 6.17. The van der Waals surface area contributed by atoms with Crippen molar-refractivity contribution in [2.24, 2.45) is 0 Å². The molecule has 2 heterocycles. The third-order valence-electron chi connectivity index (χ3n) is 6.22. The van der Waals surface area contributed by atoms with Gasteiger partial charge >= 0.3 is 0 Å². The van der Waals surface area contributed by atoms with Crippen LogP contribution in [0.4, 0.5) is 0 Å². The molecule has 0 amide bonds. The Morgan fingerprint density at radius 2 is 1.86 bits per heavy atom. The topological polar surface area (TPSA) is 49.8 Å². The molecule has 28 heavy (non-hydrogen) atoms. The van der Waals surface area contributed by atoms with Gasteiger partial charge in [-0.3, -0.25) is 9.69 Å². The molecule has 0 radical (unpaired) electrons. The average Bonchev–Trinajstić information content (AvgIpc) is 3.27. The molecule has 1 aliphatic carbocycles. The number of likely N-dealkylation sites (tertiary alicyclic amines) is 1. The summed E-state index contributed by atoms with van der Waals surface area (Å²) in [5.41, 5.74) is 5.09. The van der Waals surface area contributed by atoms with Crippen LogP contribution >= 0.6 is 0 Å². The first kappa shape index (κ1) is 17.5. The average molecular weight is 375 g/mol. The van der Waals surface area contributed by atoms with Gasteiger partial charge in [-0.05, 0) is 61.2 Å². The first-order valence-corrected chi connectivity index (χ1v) is 10.3. The van der Waals surface area contributed by atoms with Gasteiger partial charge in [-0.15, -0.1) is 0 Å². The van der Waals surface area contributed by atoms with Crippen LogP contribution in [0.5, 0.6) is 11.5 Å². The second-order valence-electron chi connectivity index (χ2n) is 8.04. The molecule has 2 aromatic rings. The maximum absolute atomic E-state index is 13.0. The van der Waals surface area contributed by atoms with Gasteiger partial charge in [0.25, 0.3) is 0 Å². The van der Waals surface area contributed by atoms with Gasteiger partial charge in [-0.25, -0.2) is 0 Å². The first-order valence-electron chi connectivity index (χ1n) is 10.3. The Kier molecular flexibility index (Phi) is 4.44. The number of benzene rings is 2. The highest BCUT2D eigenvalue weighted by Gasteiger charge is 2.36. The molecule has 1 atom stereocenters. The minimum Gasteiger partial charge on any atom is -0.507 e. The fourth-order valence-electron chi connectivity index (χ4n) is 4.69. The van der Waals surface area contributed by atoms with Crippen LogP contribution in [0.1, 0.15) is 52.7 Å². The highest BCUT2D eigenvalue weighted by atomic mass is 16.5. The Morgan fingerprint density at radius 1 is 1.04 bits per heavy atom. The van der Waals surface area contributed by atoms with Gasteiger partial charge in [-0.2, -0.15) is 0 Å². The number of allylic oxidation sites excluding steroid dienone is 1. The Hall–Kier alpha value is -2.59. The van der Waals surface area contributed by atoms with E-state index in [1.807, 2.05) is 6.07 Å². The largest absolute Gasteiger partial charge is 0.507 e. The lowest BCUT2D eigenvalue weighted by atomic mass is 9.97. The van der Waals surface area contributed by atoms with E-state index < -0.39 is 6.10 Å². The molecule has 3 aliphatic rings. The van der Waals surface area contributed by atoms with Gasteiger partial charge < -0.3 is 9.84 Å². The highest BCUT2D eigenvalue weighted by Crippen LogP contribution is 2.41. The second-order valence-corrected chi connectivity index (χ2v) is 8.04. The number of carbonyl (C=O) groups is 1. The Balaban J connectivity index is 1.39. The van der Waals surface area contributed by atoms with Crippen LogP contribution in [0.15, 0.2) is 42.5 Å². The molecule has 1 fully saturated rings. The molecule has 5 rings (SSSR count). The summed E-state index contributed by atoms with van der Waals surface area (Å²) in [6, 6.07) is 11.7. The lowest BCUT2D eigenvalue weighted by molar-refractivity contribution is 0.0862. The van der Waals surface area contributed by atoms with E-state index in [9.17, 15) is 9.90 Å². The molecule has 1 saturated heterocycles. The number of hydrogen-bond acceptors (Lipinski definition) is 4. The highest BCUT2D eigenvalue weighted by molar-refractivity contribution is 6.06. The molecular formula is C24H25NO3. The molecule has 0 saturated carbocycles. The smallest absolute Gasteiger partial charge is 0.207 e. The molecule has 1 N–H and O–H groups in total. The van der Waals surface area contributed by atoms with Crippen LogP contribution in [0.25, 0.3) is 5.57 Å². The van der Waals surface area contributed by atoms with Gasteiger partial charge in [0.2, 0.25) is 5.78 Å². The van der Waals surface area contributed by atoms with Crippen molar-refractivity contribution in [1.82, 2.24) is 4.90 Å². The number of hydrogen-bond donors (Lipinski definition) is 1. The first-order chi connectivity index (χ1) is 13.7. The van der Waals surface area contributed by atoms with E-state index in [0.717, 1.165) is 25.1 Å². The molecule has 4 heteroatoms. The summed E-state index contributed by atoms with van der Waals surface area (Å²) in [6.07, 6.45) is 6.83. The third-order valence-corrected chi connectivity index (χ3v) is 6.22. The van der Waals surface area contributed by atoms with Crippen molar-refractivity contribution in [3.8, 4) is 11.5 Å². The Bertz CT molecular complexity index is 956. The van der Waals surface area contributed by atoms with Crippen LogP contribution in [-0.2, 0) is 13.0 Å². The van der Waals surface area contributed by atoms with Crippen LogP contribution in [0.2, 0.25) is 0 Å². The van der Waals surface area contributed by atoms with E-state index in [2.05, 4.69) is 29.2 Å². The molecule has 2 aliphatic heterocycles. The zero-order chi connectivity index (χ0) is 19.1. The number of piperidine rings is 1. The van der Waals surface area contributed by atoms with E-state index >= 15 is 0 Å². The number of phenols is 1. The summed E-state index contributed by atoms with van der Waals surface area (Å²) >= 11 is 0. The van der Waals surface area contributed by atoms with E-state index in [-0.39, 0.29) is 11.5 Å². The second kappa shape index (κ2) is 7.10. The fourth-order valence-corrected chi connectivity index (χ4v) is 4.69. The SMILES string of the molecule is O=C1c2ccc(O)c(CN3CCCCC3)c2OC1CC1=CCc2ccccc21. The Labute approximate surface area is 165 Å². The third kappa shape index (κ3) is 3.02. The normalized spacial score (nSPS) is 21.2. The van der Waals surface area contributed by atoms with Crippen molar-refractivity contribution < 1.29 is 14.6 Å². The molecule has 0 spiro atoms. The quantitative estimate of drug-likeness (QED) is 0.863. The van der Waals surface area contributed by atoms with Gasteiger partial charge in [-0.1, -0.05) is 36.8 Å². The summed E-state index contributed by atoms with van der Waals surface area (Å²) in [5, 5.41) is 10.5. The summed E-state index contributed by atoms with van der Waals surface area (Å²) in [4.78, 5) is 15.3. The number of phenolic OH excluding ortho intramolecular Hbond substituents is 1. The number of fused-ring (bicyclic) bond motifs is 2. The van der Waals surface area contributed by atoms with Crippen LogP contribution in [-0.4, -0.2) is 35.0 Å². The molecular weight excluding hydrogens is 350 g/mol. The molecule has 0 aromatic heterocycles. The van der Waals surface area contributed by atoms with Gasteiger partial charge in [0.15, 0.2) is 6.10 Å². The number of ether oxygens (including phenoxy) is 1.